The predicted molar refractivity (Wildman–Crippen MR) is 91.7 cm³/mol. The van der Waals surface area contributed by atoms with Gasteiger partial charge in [0, 0.05) is 34.7 Å². The summed E-state index contributed by atoms with van der Waals surface area (Å²) in [6, 6.07) is 7.02. The van der Waals surface area contributed by atoms with Crippen molar-refractivity contribution in [1.29, 1.82) is 0 Å². The van der Waals surface area contributed by atoms with Crippen molar-refractivity contribution in [2.24, 2.45) is 0 Å². The Morgan fingerprint density at radius 1 is 1.43 bits per heavy atom. The van der Waals surface area contributed by atoms with E-state index in [0.29, 0.717) is 17.8 Å². The van der Waals surface area contributed by atoms with Gasteiger partial charge < -0.3 is 10.4 Å². The van der Waals surface area contributed by atoms with E-state index in [1.165, 1.54) is 12.8 Å². The van der Waals surface area contributed by atoms with Crippen molar-refractivity contribution in [3.05, 3.63) is 28.2 Å². The number of nitrogens with one attached hydrogen (secondary N) is 1. The topological polar surface area (TPSA) is 35.5 Å². The van der Waals surface area contributed by atoms with Crippen molar-refractivity contribution in [2.75, 3.05) is 13.1 Å². The molecule has 2 unspecified atom stereocenters. The van der Waals surface area contributed by atoms with Crippen LogP contribution in [0, 0.1) is 0 Å². The number of rotatable bonds is 6. The fourth-order valence-electron chi connectivity index (χ4n) is 3.29. The summed E-state index contributed by atoms with van der Waals surface area (Å²) in [7, 11) is 0. The van der Waals surface area contributed by atoms with Gasteiger partial charge >= 0.3 is 0 Å². The fourth-order valence-corrected chi connectivity index (χ4v) is 3.67. The van der Waals surface area contributed by atoms with Crippen LogP contribution < -0.4 is 5.32 Å². The summed E-state index contributed by atoms with van der Waals surface area (Å²) in [5.74, 6) is 0.398. The molecule has 2 N–H and O–H groups in total. The van der Waals surface area contributed by atoms with Crippen LogP contribution in [0.4, 0.5) is 0 Å². The molecule has 2 atom stereocenters. The maximum atomic E-state index is 10.3. The lowest BCUT2D eigenvalue weighted by Crippen LogP contribution is -2.43. The van der Waals surface area contributed by atoms with Gasteiger partial charge in [0.1, 0.15) is 5.75 Å². The molecule has 0 amide bonds. The number of hydrogen-bond donors (Lipinski definition) is 2. The smallest absolute Gasteiger partial charge is 0.120 e. The molecule has 0 aliphatic carbocycles. The average Bonchev–Trinajstić information content (AvgIpc) is 2.95. The van der Waals surface area contributed by atoms with E-state index in [9.17, 15) is 5.11 Å². The highest BCUT2D eigenvalue weighted by Crippen LogP contribution is 2.34. The van der Waals surface area contributed by atoms with Crippen molar-refractivity contribution in [1.82, 2.24) is 10.2 Å². The normalized spacial score (nSPS) is 20.4. The van der Waals surface area contributed by atoms with Crippen molar-refractivity contribution < 1.29 is 5.11 Å². The van der Waals surface area contributed by atoms with Gasteiger partial charge in [0.25, 0.3) is 0 Å². The molecule has 21 heavy (non-hydrogen) atoms. The van der Waals surface area contributed by atoms with E-state index in [4.69, 9.17) is 0 Å². The van der Waals surface area contributed by atoms with Gasteiger partial charge in [-0.25, -0.2) is 0 Å². The largest absolute Gasteiger partial charge is 0.508 e. The van der Waals surface area contributed by atoms with E-state index in [0.717, 1.165) is 29.5 Å². The summed E-state index contributed by atoms with van der Waals surface area (Å²) >= 11 is 3.53. The van der Waals surface area contributed by atoms with E-state index in [1.54, 1.807) is 6.07 Å². The fraction of sp³-hybridized carbons (Fsp3) is 0.647. The molecule has 1 aromatic rings. The van der Waals surface area contributed by atoms with E-state index in [-0.39, 0.29) is 6.04 Å². The van der Waals surface area contributed by atoms with Crippen LogP contribution in [0.25, 0.3) is 0 Å². The molecule has 1 aromatic carbocycles. The SMILES string of the molecule is CCC(c1cc(Br)ccc1O)N(CC1CCCN1)C(C)C. The Hall–Kier alpha value is -0.580. The monoisotopic (exact) mass is 354 g/mol. The average molecular weight is 355 g/mol. The molecule has 3 nitrogen and oxygen atoms in total. The van der Waals surface area contributed by atoms with Gasteiger partial charge in [-0.3, -0.25) is 4.90 Å². The van der Waals surface area contributed by atoms with E-state index in [2.05, 4.69) is 53.0 Å². The van der Waals surface area contributed by atoms with Gasteiger partial charge in [0.2, 0.25) is 0 Å². The number of phenols is 1. The summed E-state index contributed by atoms with van der Waals surface area (Å²) in [6.07, 6.45) is 3.52. The Morgan fingerprint density at radius 2 is 2.19 bits per heavy atom. The predicted octanol–water partition coefficient (Wildman–Crippen LogP) is 4.07. The Labute approximate surface area is 136 Å². The minimum atomic E-state index is 0.255. The molecular formula is C17H27BrN2O. The molecule has 1 fully saturated rings. The molecule has 0 bridgehead atoms. The lowest BCUT2D eigenvalue weighted by Gasteiger charge is -2.37. The van der Waals surface area contributed by atoms with Crippen LogP contribution in [-0.4, -0.2) is 35.2 Å². The molecule has 4 heteroatoms. The van der Waals surface area contributed by atoms with E-state index >= 15 is 0 Å². The van der Waals surface area contributed by atoms with Crippen LogP contribution in [0.5, 0.6) is 5.75 Å². The first-order valence-electron chi connectivity index (χ1n) is 8.00. The Balaban J connectivity index is 2.23. The Kier molecular flexibility index (Phi) is 6.08. The van der Waals surface area contributed by atoms with Crippen LogP contribution in [0.1, 0.15) is 51.6 Å². The molecule has 0 saturated carbocycles. The number of phenolic OH excluding ortho intramolecular Hbond substituents is 1. The number of benzene rings is 1. The number of aromatic hydroxyl groups is 1. The van der Waals surface area contributed by atoms with Gasteiger partial charge in [-0.2, -0.15) is 0 Å². The molecule has 1 aliphatic rings. The number of hydrogen-bond acceptors (Lipinski definition) is 3. The zero-order valence-corrected chi connectivity index (χ0v) is 14.9. The van der Waals surface area contributed by atoms with Crippen LogP contribution in [0.3, 0.4) is 0 Å². The zero-order valence-electron chi connectivity index (χ0n) is 13.3. The zero-order chi connectivity index (χ0) is 15.4. The summed E-state index contributed by atoms with van der Waals surface area (Å²) in [5.41, 5.74) is 1.03. The first kappa shape index (κ1) is 16.8. The standard InChI is InChI=1S/C17H27BrN2O/c1-4-16(15-10-13(18)7-8-17(15)21)20(12(2)3)11-14-6-5-9-19-14/h7-8,10,12,14,16,19,21H,4-6,9,11H2,1-3H3. The molecule has 1 heterocycles. The van der Waals surface area contributed by atoms with Gasteiger partial charge in [-0.05, 0) is 57.9 Å². The molecule has 1 saturated heterocycles. The number of nitrogens with zero attached hydrogens (tertiary/aromatic N) is 1. The van der Waals surface area contributed by atoms with Gasteiger partial charge in [0.05, 0.1) is 0 Å². The highest BCUT2D eigenvalue weighted by molar-refractivity contribution is 9.10. The lowest BCUT2D eigenvalue weighted by atomic mass is 9.99. The maximum absolute atomic E-state index is 10.3. The third-order valence-corrected chi connectivity index (χ3v) is 4.89. The third kappa shape index (κ3) is 4.21. The molecule has 0 radical (unpaired) electrons. The highest BCUT2D eigenvalue weighted by Gasteiger charge is 2.27. The van der Waals surface area contributed by atoms with E-state index in [1.807, 2.05) is 6.07 Å². The molecule has 2 rings (SSSR count). The van der Waals surface area contributed by atoms with Gasteiger partial charge in [-0.1, -0.05) is 22.9 Å². The molecule has 0 spiro atoms. The first-order chi connectivity index (χ1) is 10.0. The van der Waals surface area contributed by atoms with Gasteiger partial charge in [-0.15, -0.1) is 0 Å². The minimum absolute atomic E-state index is 0.255. The summed E-state index contributed by atoms with van der Waals surface area (Å²) in [4.78, 5) is 2.52. The van der Waals surface area contributed by atoms with Crippen molar-refractivity contribution in [3.8, 4) is 5.75 Å². The number of halogens is 1. The molecule has 118 valence electrons. The second kappa shape index (κ2) is 7.61. The highest BCUT2D eigenvalue weighted by atomic mass is 79.9. The summed E-state index contributed by atoms with van der Waals surface area (Å²) in [5, 5.41) is 13.8. The van der Waals surface area contributed by atoms with Crippen LogP contribution >= 0.6 is 15.9 Å². The maximum Gasteiger partial charge on any atom is 0.120 e. The van der Waals surface area contributed by atoms with Crippen molar-refractivity contribution in [2.45, 2.75) is 58.2 Å². The third-order valence-electron chi connectivity index (χ3n) is 4.39. The molecular weight excluding hydrogens is 328 g/mol. The summed E-state index contributed by atoms with van der Waals surface area (Å²) < 4.78 is 1.02. The second-order valence-corrected chi connectivity index (χ2v) is 7.13. The van der Waals surface area contributed by atoms with Crippen molar-refractivity contribution in [3.63, 3.8) is 0 Å². The minimum Gasteiger partial charge on any atom is -0.508 e. The quantitative estimate of drug-likeness (QED) is 0.808. The molecule has 1 aliphatic heterocycles. The second-order valence-electron chi connectivity index (χ2n) is 6.21. The van der Waals surface area contributed by atoms with Crippen LogP contribution in [0.15, 0.2) is 22.7 Å². The van der Waals surface area contributed by atoms with Crippen LogP contribution in [0.2, 0.25) is 0 Å². The van der Waals surface area contributed by atoms with Gasteiger partial charge in [0.15, 0.2) is 0 Å². The summed E-state index contributed by atoms with van der Waals surface area (Å²) in [6.45, 7) is 8.86. The van der Waals surface area contributed by atoms with Crippen molar-refractivity contribution >= 4 is 15.9 Å². The lowest BCUT2D eigenvalue weighted by molar-refractivity contribution is 0.133. The van der Waals surface area contributed by atoms with Crippen LogP contribution in [-0.2, 0) is 0 Å². The first-order valence-corrected chi connectivity index (χ1v) is 8.79. The Bertz CT molecular complexity index is 458. The molecule has 0 aromatic heterocycles. The Morgan fingerprint density at radius 3 is 2.76 bits per heavy atom. The van der Waals surface area contributed by atoms with E-state index < -0.39 is 0 Å².